The first kappa shape index (κ1) is 12.3. The molecule has 2 aromatic heterocycles. The molecule has 0 radical (unpaired) electrons. The van der Waals surface area contributed by atoms with Gasteiger partial charge < -0.3 is 10.1 Å². The smallest absolute Gasteiger partial charge is 0.338 e. The molecule has 2 heterocycles. The first-order valence-corrected chi connectivity index (χ1v) is 5.91. The molecule has 5 nitrogen and oxygen atoms in total. The lowest BCUT2D eigenvalue weighted by Gasteiger charge is -1.99. The number of nitrogens with zero attached hydrogens (tertiary/aromatic N) is 2. The molecule has 0 aliphatic carbocycles. The van der Waals surface area contributed by atoms with Crippen LogP contribution in [0.1, 0.15) is 15.9 Å². The molecule has 2 N–H and O–H groups in total. The third-order valence-corrected chi connectivity index (χ3v) is 3.07. The first-order valence-electron chi connectivity index (χ1n) is 5.91. The van der Waals surface area contributed by atoms with E-state index < -0.39 is 5.97 Å². The zero-order chi connectivity index (χ0) is 14.3. The highest BCUT2D eigenvalue weighted by molar-refractivity contribution is 6.00. The molecule has 0 atom stereocenters. The van der Waals surface area contributed by atoms with Crippen molar-refractivity contribution < 1.29 is 14.3 Å². The second-order valence-electron chi connectivity index (χ2n) is 4.41. The third-order valence-electron chi connectivity index (χ3n) is 3.07. The summed E-state index contributed by atoms with van der Waals surface area (Å²) < 4.78 is 13.6. The van der Waals surface area contributed by atoms with Gasteiger partial charge in [0.15, 0.2) is 5.65 Å². The summed E-state index contributed by atoms with van der Waals surface area (Å²) in [5, 5.41) is 9.11. The summed E-state index contributed by atoms with van der Waals surface area (Å²) >= 11 is 0. The van der Waals surface area contributed by atoms with E-state index in [2.05, 4.69) is 15.0 Å². The SMILES string of the molecule is Cc1ccc(-c2nc3nccc(C(=O)O)c3[nH]2)cc1F. The maximum absolute atomic E-state index is 13.6. The lowest BCUT2D eigenvalue weighted by molar-refractivity contribution is 0.0698. The van der Waals surface area contributed by atoms with E-state index in [0.717, 1.165) is 0 Å². The van der Waals surface area contributed by atoms with Crippen molar-refractivity contribution in [3.63, 3.8) is 0 Å². The molecule has 0 amide bonds. The van der Waals surface area contributed by atoms with E-state index in [1.54, 1.807) is 19.1 Å². The van der Waals surface area contributed by atoms with Gasteiger partial charge in [0.1, 0.15) is 11.6 Å². The minimum atomic E-state index is -1.07. The summed E-state index contributed by atoms with van der Waals surface area (Å²) in [7, 11) is 0. The molecular formula is C14H10FN3O2. The monoisotopic (exact) mass is 271 g/mol. The van der Waals surface area contributed by atoms with Crippen molar-refractivity contribution >= 4 is 17.1 Å². The molecule has 0 saturated heterocycles. The van der Waals surface area contributed by atoms with E-state index in [9.17, 15) is 9.18 Å². The zero-order valence-electron chi connectivity index (χ0n) is 10.5. The Hall–Kier alpha value is -2.76. The van der Waals surface area contributed by atoms with Crippen LogP contribution in [0.25, 0.3) is 22.6 Å². The standard InChI is InChI=1S/C14H10FN3O2/c1-7-2-3-8(6-10(7)15)12-17-11-9(14(19)20)4-5-16-13(11)18-12/h2-6H,1H3,(H,19,20)(H,16,17,18). The van der Waals surface area contributed by atoms with Crippen molar-refractivity contribution in [2.45, 2.75) is 6.92 Å². The van der Waals surface area contributed by atoms with Gasteiger partial charge in [-0.3, -0.25) is 0 Å². The highest BCUT2D eigenvalue weighted by Crippen LogP contribution is 2.23. The largest absolute Gasteiger partial charge is 0.478 e. The molecule has 3 rings (SSSR count). The number of H-pyrrole nitrogens is 1. The number of aromatic amines is 1. The van der Waals surface area contributed by atoms with E-state index in [0.29, 0.717) is 28.1 Å². The number of aromatic carboxylic acids is 1. The molecule has 100 valence electrons. The maximum atomic E-state index is 13.6. The van der Waals surface area contributed by atoms with Crippen LogP contribution >= 0.6 is 0 Å². The van der Waals surface area contributed by atoms with Gasteiger partial charge in [-0.15, -0.1) is 0 Å². The van der Waals surface area contributed by atoms with Crippen LogP contribution in [-0.2, 0) is 0 Å². The number of nitrogens with one attached hydrogen (secondary N) is 1. The second kappa shape index (κ2) is 4.41. The Morgan fingerprint density at radius 2 is 2.15 bits per heavy atom. The lowest BCUT2D eigenvalue weighted by Crippen LogP contribution is -1.97. The molecule has 3 aromatic rings. The molecule has 6 heteroatoms. The van der Waals surface area contributed by atoms with Crippen LogP contribution in [0.5, 0.6) is 0 Å². The number of carboxylic acid groups (broad SMARTS) is 1. The van der Waals surface area contributed by atoms with Crippen molar-refractivity contribution in [3.8, 4) is 11.4 Å². The number of imidazole rings is 1. The number of pyridine rings is 1. The highest BCUT2D eigenvalue weighted by atomic mass is 19.1. The Balaban J connectivity index is 2.20. The molecule has 1 aromatic carbocycles. The highest BCUT2D eigenvalue weighted by Gasteiger charge is 2.14. The average molecular weight is 271 g/mol. The molecule has 0 unspecified atom stereocenters. The normalized spacial score (nSPS) is 10.9. The Morgan fingerprint density at radius 1 is 1.35 bits per heavy atom. The third kappa shape index (κ3) is 1.91. The van der Waals surface area contributed by atoms with E-state index in [1.165, 1.54) is 18.3 Å². The van der Waals surface area contributed by atoms with Gasteiger partial charge in [-0.05, 0) is 24.6 Å². The summed E-state index contributed by atoms with van der Waals surface area (Å²) in [5.41, 5.74) is 1.79. The second-order valence-corrected chi connectivity index (χ2v) is 4.41. The molecular weight excluding hydrogens is 261 g/mol. The van der Waals surface area contributed by atoms with Gasteiger partial charge >= 0.3 is 5.97 Å². The fourth-order valence-corrected chi connectivity index (χ4v) is 1.97. The number of hydrogen-bond acceptors (Lipinski definition) is 3. The minimum Gasteiger partial charge on any atom is -0.478 e. The summed E-state index contributed by atoms with van der Waals surface area (Å²) in [6, 6.07) is 6.11. The molecule has 0 bridgehead atoms. The molecule has 20 heavy (non-hydrogen) atoms. The van der Waals surface area contributed by atoms with Crippen LogP contribution < -0.4 is 0 Å². The molecule has 0 fully saturated rings. The Bertz CT molecular complexity index is 826. The predicted molar refractivity (Wildman–Crippen MR) is 71.0 cm³/mol. The van der Waals surface area contributed by atoms with Gasteiger partial charge in [-0.25, -0.2) is 19.2 Å². The number of benzene rings is 1. The number of hydrogen-bond donors (Lipinski definition) is 2. The summed E-state index contributed by atoms with van der Waals surface area (Å²) in [6.07, 6.45) is 1.38. The number of carbonyl (C=O) groups is 1. The summed E-state index contributed by atoms with van der Waals surface area (Å²) in [4.78, 5) is 22.2. The zero-order valence-corrected chi connectivity index (χ0v) is 10.5. The summed E-state index contributed by atoms with van der Waals surface area (Å²) in [5.74, 6) is -1.02. The predicted octanol–water partition coefficient (Wildman–Crippen LogP) is 2.77. The van der Waals surface area contributed by atoms with Gasteiger partial charge in [-0.1, -0.05) is 12.1 Å². The fraction of sp³-hybridized carbons (Fsp3) is 0.0714. The number of aryl methyl sites for hydroxylation is 1. The molecule has 0 aliphatic heterocycles. The number of aromatic nitrogens is 3. The Kier molecular flexibility index (Phi) is 2.71. The molecule has 0 aliphatic rings. The van der Waals surface area contributed by atoms with Crippen molar-refractivity contribution in [1.29, 1.82) is 0 Å². The number of halogens is 1. The Labute approximate surface area is 113 Å². The van der Waals surface area contributed by atoms with Crippen molar-refractivity contribution in [2.24, 2.45) is 0 Å². The first-order chi connectivity index (χ1) is 9.56. The van der Waals surface area contributed by atoms with Gasteiger partial charge in [0.05, 0.1) is 11.1 Å². The van der Waals surface area contributed by atoms with E-state index in [1.807, 2.05) is 0 Å². The Morgan fingerprint density at radius 3 is 2.85 bits per heavy atom. The molecule has 0 spiro atoms. The van der Waals surface area contributed by atoms with Gasteiger partial charge in [0, 0.05) is 11.8 Å². The van der Waals surface area contributed by atoms with Crippen LogP contribution in [0.2, 0.25) is 0 Å². The van der Waals surface area contributed by atoms with Crippen LogP contribution in [0.3, 0.4) is 0 Å². The van der Waals surface area contributed by atoms with E-state index in [-0.39, 0.29) is 11.4 Å². The van der Waals surface area contributed by atoms with Gasteiger partial charge in [-0.2, -0.15) is 0 Å². The maximum Gasteiger partial charge on any atom is 0.338 e. The topological polar surface area (TPSA) is 78.9 Å². The molecule has 0 saturated carbocycles. The number of fused-ring (bicyclic) bond motifs is 1. The quantitative estimate of drug-likeness (QED) is 0.751. The van der Waals surface area contributed by atoms with Gasteiger partial charge in [0.2, 0.25) is 0 Å². The lowest BCUT2D eigenvalue weighted by atomic mass is 10.1. The van der Waals surface area contributed by atoms with Gasteiger partial charge in [0.25, 0.3) is 0 Å². The average Bonchev–Trinajstić information content (AvgIpc) is 2.85. The summed E-state index contributed by atoms with van der Waals surface area (Å²) in [6.45, 7) is 1.67. The minimum absolute atomic E-state index is 0.0846. The number of carboxylic acids is 1. The van der Waals surface area contributed by atoms with Crippen molar-refractivity contribution in [2.75, 3.05) is 0 Å². The van der Waals surface area contributed by atoms with Crippen LogP contribution in [0.15, 0.2) is 30.5 Å². The fourth-order valence-electron chi connectivity index (χ4n) is 1.97. The van der Waals surface area contributed by atoms with Crippen LogP contribution in [-0.4, -0.2) is 26.0 Å². The number of rotatable bonds is 2. The van der Waals surface area contributed by atoms with Crippen molar-refractivity contribution in [1.82, 2.24) is 15.0 Å². The van der Waals surface area contributed by atoms with E-state index >= 15 is 0 Å². The van der Waals surface area contributed by atoms with Crippen LogP contribution in [0.4, 0.5) is 4.39 Å². The van der Waals surface area contributed by atoms with Crippen molar-refractivity contribution in [3.05, 3.63) is 47.4 Å². The van der Waals surface area contributed by atoms with Crippen LogP contribution in [0, 0.1) is 12.7 Å². The van der Waals surface area contributed by atoms with E-state index in [4.69, 9.17) is 5.11 Å².